The van der Waals surface area contributed by atoms with Gasteiger partial charge < -0.3 is 15.4 Å². The van der Waals surface area contributed by atoms with E-state index in [9.17, 15) is 4.79 Å². The Morgan fingerprint density at radius 1 is 0.920 bits per heavy atom. The number of aromatic nitrogens is 1. The first kappa shape index (κ1) is 17.0. The maximum Gasteiger partial charge on any atom is 0.274 e. The number of hydrogen-bond donors (Lipinski definition) is 2. The second kappa shape index (κ2) is 7.81. The topological polar surface area (TPSA) is 63.2 Å². The van der Waals surface area contributed by atoms with Crippen LogP contribution in [0.5, 0.6) is 5.75 Å². The summed E-state index contributed by atoms with van der Waals surface area (Å²) < 4.78 is 6.11. The number of anilines is 3. The van der Waals surface area contributed by atoms with E-state index in [1.807, 2.05) is 30.3 Å². The second-order valence-corrected chi connectivity index (χ2v) is 6.16. The fourth-order valence-corrected chi connectivity index (χ4v) is 2.44. The van der Waals surface area contributed by atoms with Gasteiger partial charge in [0.15, 0.2) is 0 Å². The molecule has 1 heterocycles. The number of carbonyl (C=O) groups is 1. The molecule has 1 aromatic heterocycles. The van der Waals surface area contributed by atoms with Gasteiger partial charge in [-0.1, -0.05) is 15.9 Å². The quantitative estimate of drug-likeness (QED) is 0.645. The normalized spacial score (nSPS) is 10.2. The maximum atomic E-state index is 12.2. The van der Waals surface area contributed by atoms with Crippen molar-refractivity contribution in [2.75, 3.05) is 17.7 Å². The summed E-state index contributed by atoms with van der Waals surface area (Å²) in [6.07, 6.45) is 1.63. The van der Waals surface area contributed by atoms with E-state index in [0.29, 0.717) is 11.4 Å². The molecule has 0 atom stereocenters. The van der Waals surface area contributed by atoms with Crippen LogP contribution >= 0.6 is 15.9 Å². The zero-order chi connectivity index (χ0) is 17.6. The predicted octanol–water partition coefficient (Wildman–Crippen LogP) is 4.85. The van der Waals surface area contributed by atoms with Gasteiger partial charge in [-0.15, -0.1) is 0 Å². The molecule has 0 unspecified atom stereocenters. The number of hydrogen-bond acceptors (Lipinski definition) is 4. The smallest absolute Gasteiger partial charge is 0.274 e. The fourth-order valence-electron chi connectivity index (χ4n) is 2.17. The molecule has 6 heteroatoms. The Kier molecular flexibility index (Phi) is 5.30. The molecular formula is C19H16BrN3O2. The molecule has 1 amide bonds. The number of halogens is 1. The van der Waals surface area contributed by atoms with Crippen molar-refractivity contribution < 1.29 is 9.53 Å². The Morgan fingerprint density at radius 2 is 1.56 bits per heavy atom. The number of methoxy groups -OCH3 is 1. The summed E-state index contributed by atoms with van der Waals surface area (Å²) >= 11 is 3.40. The van der Waals surface area contributed by atoms with Gasteiger partial charge in [0, 0.05) is 15.8 Å². The van der Waals surface area contributed by atoms with Gasteiger partial charge in [0.2, 0.25) is 0 Å². The summed E-state index contributed by atoms with van der Waals surface area (Å²) in [4.78, 5) is 16.5. The average molecular weight is 398 g/mol. The van der Waals surface area contributed by atoms with Crippen LogP contribution < -0.4 is 15.4 Å². The summed E-state index contributed by atoms with van der Waals surface area (Å²) in [5.74, 6) is 0.472. The molecule has 126 valence electrons. The van der Waals surface area contributed by atoms with Gasteiger partial charge in [-0.05, 0) is 60.7 Å². The van der Waals surface area contributed by atoms with Crippen LogP contribution in [-0.2, 0) is 0 Å². The van der Waals surface area contributed by atoms with Crippen molar-refractivity contribution in [2.24, 2.45) is 0 Å². The van der Waals surface area contributed by atoms with Crippen LogP contribution in [0.3, 0.4) is 0 Å². The Bertz CT molecular complexity index is 847. The van der Waals surface area contributed by atoms with Crippen LogP contribution in [0.25, 0.3) is 0 Å². The average Bonchev–Trinajstić information content (AvgIpc) is 2.65. The standard InChI is InChI=1S/C19H16BrN3O2/c1-25-17-9-6-15(7-10-17)23-19(24)18-11-8-16(12-21-18)22-14-4-2-13(20)3-5-14/h2-12,22H,1H3,(H,23,24). The first-order valence-electron chi connectivity index (χ1n) is 7.58. The third-order valence-corrected chi connectivity index (χ3v) is 4.01. The molecule has 3 aromatic rings. The number of nitrogens with one attached hydrogen (secondary N) is 2. The predicted molar refractivity (Wildman–Crippen MR) is 103 cm³/mol. The van der Waals surface area contributed by atoms with E-state index in [1.165, 1.54) is 0 Å². The Labute approximate surface area is 154 Å². The van der Waals surface area contributed by atoms with E-state index in [2.05, 4.69) is 31.5 Å². The van der Waals surface area contributed by atoms with Gasteiger partial charge in [0.1, 0.15) is 11.4 Å². The summed E-state index contributed by atoms with van der Waals surface area (Å²) in [6.45, 7) is 0. The van der Waals surface area contributed by atoms with E-state index in [1.54, 1.807) is 43.6 Å². The number of rotatable bonds is 5. The lowest BCUT2D eigenvalue weighted by atomic mass is 10.2. The van der Waals surface area contributed by atoms with Gasteiger partial charge in [0.25, 0.3) is 5.91 Å². The highest BCUT2D eigenvalue weighted by atomic mass is 79.9. The molecule has 0 saturated heterocycles. The molecule has 0 aliphatic rings. The first-order chi connectivity index (χ1) is 12.1. The Balaban J connectivity index is 1.64. The molecule has 5 nitrogen and oxygen atoms in total. The summed E-state index contributed by atoms with van der Waals surface area (Å²) in [7, 11) is 1.60. The monoisotopic (exact) mass is 397 g/mol. The lowest BCUT2D eigenvalue weighted by Crippen LogP contribution is -2.13. The SMILES string of the molecule is COc1ccc(NC(=O)c2ccc(Nc3ccc(Br)cc3)cn2)cc1. The van der Waals surface area contributed by atoms with E-state index >= 15 is 0 Å². The van der Waals surface area contributed by atoms with Crippen molar-refractivity contribution in [3.8, 4) is 5.75 Å². The molecule has 0 fully saturated rings. The van der Waals surface area contributed by atoms with E-state index in [-0.39, 0.29) is 5.91 Å². The largest absolute Gasteiger partial charge is 0.497 e. The van der Waals surface area contributed by atoms with Crippen molar-refractivity contribution in [3.63, 3.8) is 0 Å². The van der Waals surface area contributed by atoms with Crippen LogP contribution in [-0.4, -0.2) is 18.0 Å². The van der Waals surface area contributed by atoms with Crippen molar-refractivity contribution in [1.29, 1.82) is 0 Å². The molecule has 0 saturated carbocycles. The molecule has 0 aliphatic carbocycles. The van der Waals surface area contributed by atoms with Gasteiger partial charge in [0.05, 0.1) is 19.0 Å². The van der Waals surface area contributed by atoms with Gasteiger partial charge in [-0.25, -0.2) is 4.98 Å². The minimum atomic E-state index is -0.264. The Hall–Kier alpha value is -2.86. The third kappa shape index (κ3) is 4.58. The number of pyridine rings is 1. The highest BCUT2D eigenvalue weighted by Crippen LogP contribution is 2.19. The van der Waals surface area contributed by atoms with Crippen LogP contribution in [0, 0.1) is 0 Å². The zero-order valence-electron chi connectivity index (χ0n) is 13.5. The number of ether oxygens (including phenoxy) is 1. The third-order valence-electron chi connectivity index (χ3n) is 3.48. The number of amides is 1. The van der Waals surface area contributed by atoms with Crippen LogP contribution in [0.4, 0.5) is 17.1 Å². The van der Waals surface area contributed by atoms with E-state index < -0.39 is 0 Å². The van der Waals surface area contributed by atoms with E-state index in [0.717, 1.165) is 21.6 Å². The van der Waals surface area contributed by atoms with Crippen molar-refractivity contribution >= 4 is 38.9 Å². The van der Waals surface area contributed by atoms with Crippen LogP contribution in [0.1, 0.15) is 10.5 Å². The van der Waals surface area contributed by atoms with Crippen LogP contribution in [0.2, 0.25) is 0 Å². The van der Waals surface area contributed by atoms with Crippen LogP contribution in [0.15, 0.2) is 71.3 Å². The minimum Gasteiger partial charge on any atom is -0.497 e. The molecule has 0 radical (unpaired) electrons. The van der Waals surface area contributed by atoms with E-state index in [4.69, 9.17) is 4.74 Å². The highest BCUT2D eigenvalue weighted by molar-refractivity contribution is 9.10. The number of benzene rings is 2. The molecule has 3 rings (SSSR count). The lowest BCUT2D eigenvalue weighted by Gasteiger charge is -2.08. The summed E-state index contributed by atoms with van der Waals surface area (Å²) in [6, 6.07) is 18.4. The molecule has 0 bridgehead atoms. The summed E-state index contributed by atoms with van der Waals surface area (Å²) in [5, 5.41) is 6.03. The number of nitrogens with zero attached hydrogens (tertiary/aromatic N) is 1. The van der Waals surface area contributed by atoms with Crippen molar-refractivity contribution in [1.82, 2.24) is 4.98 Å². The fraction of sp³-hybridized carbons (Fsp3) is 0.0526. The number of carbonyl (C=O) groups excluding carboxylic acids is 1. The molecule has 2 N–H and O–H groups in total. The zero-order valence-corrected chi connectivity index (χ0v) is 15.1. The second-order valence-electron chi connectivity index (χ2n) is 5.25. The Morgan fingerprint density at radius 3 is 2.16 bits per heavy atom. The van der Waals surface area contributed by atoms with Gasteiger partial charge in [-0.2, -0.15) is 0 Å². The van der Waals surface area contributed by atoms with Gasteiger partial charge >= 0.3 is 0 Å². The maximum absolute atomic E-state index is 12.2. The molecule has 25 heavy (non-hydrogen) atoms. The minimum absolute atomic E-state index is 0.264. The van der Waals surface area contributed by atoms with Crippen molar-refractivity contribution in [2.45, 2.75) is 0 Å². The van der Waals surface area contributed by atoms with Crippen molar-refractivity contribution in [3.05, 3.63) is 77.0 Å². The summed E-state index contributed by atoms with van der Waals surface area (Å²) in [5.41, 5.74) is 2.78. The molecule has 0 aliphatic heterocycles. The highest BCUT2D eigenvalue weighted by Gasteiger charge is 2.08. The lowest BCUT2D eigenvalue weighted by molar-refractivity contribution is 0.102. The molecule has 2 aromatic carbocycles. The molecular weight excluding hydrogens is 382 g/mol. The van der Waals surface area contributed by atoms with Gasteiger partial charge in [-0.3, -0.25) is 4.79 Å². The molecule has 0 spiro atoms. The first-order valence-corrected chi connectivity index (χ1v) is 8.37.